The Balaban J connectivity index is 0.000000280. The number of hydrogen-bond acceptors (Lipinski definition) is 6. The van der Waals surface area contributed by atoms with Crippen LogP contribution in [0, 0.1) is 0 Å². The van der Waals surface area contributed by atoms with E-state index in [2.05, 4.69) is 0 Å². The highest BCUT2D eigenvalue weighted by atomic mass is 32.3. The molecule has 0 bridgehead atoms. The average Bonchev–Trinajstić information content (AvgIpc) is 2.55. The van der Waals surface area contributed by atoms with Crippen LogP contribution in [0.5, 0.6) is 0 Å². The van der Waals surface area contributed by atoms with E-state index < -0.39 is 10.4 Å². The van der Waals surface area contributed by atoms with Crippen molar-refractivity contribution in [3.8, 4) is 0 Å². The van der Waals surface area contributed by atoms with Crippen LogP contribution in [-0.2, 0) is 16.8 Å². The molecule has 0 radical (unpaired) electrons. The molecule has 100 valence electrons. The third kappa shape index (κ3) is 4.34. The SMILES string of the molecule is NCCc1cn(O)c2ccccc12.O=S(=O)([O-])[O-]. The number of nitrogens with two attached hydrogens (primary N) is 1. The van der Waals surface area contributed by atoms with Gasteiger partial charge in [0.1, 0.15) is 0 Å². The van der Waals surface area contributed by atoms with Crippen molar-refractivity contribution < 1.29 is 22.7 Å². The van der Waals surface area contributed by atoms with Gasteiger partial charge in [-0.3, -0.25) is 8.42 Å². The van der Waals surface area contributed by atoms with Crippen LogP contribution in [0.4, 0.5) is 0 Å². The molecule has 0 amide bonds. The summed E-state index contributed by atoms with van der Waals surface area (Å²) in [5.41, 5.74) is 7.41. The summed E-state index contributed by atoms with van der Waals surface area (Å²) in [6, 6.07) is 7.74. The van der Waals surface area contributed by atoms with Gasteiger partial charge in [-0.15, -0.1) is 0 Å². The standard InChI is InChI=1S/C10H12N2O.H2O4S/c11-6-5-8-7-12(13)10-4-2-1-3-9(8)10;1-5(2,3)4/h1-4,7,13H,5-6,11H2;(H2,1,2,3,4)/p-2. The molecule has 2 aromatic rings. The van der Waals surface area contributed by atoms with E-state index in [1.54, 1.807) is 6.20 Å². The minimum Gasteiger partial charge on any atom is -0.759 e. The second-order valence-electron chi connectivity index (χ2n) is 3.46. The molecule has 0 aliphatic heterocycles. The molecule has 1 heterocycles. The highest BCUT2D eigenvalue weighted by Crippen LogP contribution is 2.19. The van der Waals surface area contributed by atoms with Crippen molar-refractivity contribution in [2.75, 3.05) is 6.54 Å². The molecule has 8 heteroatoms. The fourth-order valence-corrected chi connectivity index (χ4v) is 1.59. The number of aromatic nitrogens is 1. The Hall–Kier alpha value is -1.61. The van der Waals surface area contributed by atoms with Crippen molar-refractivity contribution in [2.24, 2.45) is 5.73 Å². The Labute approximate surface area is 104 Å². The molecular formula is C10H12N2O5S-2. The maximum absolute atomic E-state index is 9.49. The summed E-state index contributed by atoms with van der Waals surface area (Å²) in [5, 5.41) is 10.6. The van der Waals surface area contributed by atoms with Gasteiger partial charge in [-0.1, -0.05) is 18.2 Å². The van der Waals surface area contributed by atoms with Crippen LogP contribution in [0.2, 0.25) is 0 Å². The van der Waals surface area contributed by atoms with Crippen LogP contribution in [-0.4, -0.2) is 34.0 Å². The zero-order chi connectivity index (χ0) is 13.8. The second kappa shape index (κ2) is 5.83. The maximum atomic E-state index is 9.49. The Bertz CT molecular complexity index is 612. The smallest absolute Gasteiger partial charge is 0.0868 e. The van der Waals surface area contributed by atoms with Crippen LogP contribution in [0.25, 0.3) is 10.9 Å². The molecule has 1 aromatic carbocycles. The summed E-state index contributed by atoms with van der Waals surface area (Å²) < 4.78 is 35.2. The van der Waals surface area contributed by atoms with Crippen molar-refractivity contribution in [2.45, 2.75) is 6.42 Å². The van der Waals surface area contributed by atoms with E-state index in [4.69, 9.17) is 23.3 Å². The molecule has 0 fully saturated rings. The lowest BCUT2D eigenvalue weighted by Crippen LogP contribution is -2.01. The van der Waals surface area contributed by atoms with Crippen molar-refractivity contribution in [1.29, 1.82) is 0 Å². The molecule has 7 nitrogen and oxygen atoms in total. The highest BCUT2D eigenvalue weighted by Gasteiger charge is 2.05. The summed E-state index contributed by atoms with van der Waals surface area (Å²) >= 11 is 0. The van der Waals surface area contributed by atoms with Crippen LogP contribution in [0.15, 0.2) is 30.5 Å². The Morgan fingerprint density at radius 1 is 1.28 bits per heavy atom. The minimum absolute atomic E-state index is 0.605. The average molecular weight is 272 g/mol. The van der Waals surface area contributed by atoms with Gasteiger partial charge in [0.15, 0.2) is 0 Å². The summed E-state index contributed by atoms with van der Waals surface area (Å²) in [7, 11) is -5.17. The first-order valence-electron chi connectivity index (χ1n) is 4.98. The molecule has 18 heavy (non-hydrogen) atoms. The predicted molar refractivity (Wildman–Crippen MR) is 62.4 cm³/mol. The van der Waals surface area contributed by atoms with E-state index >= 15 is 0 Å². The third-order valence-corrected chi connectivity index (χ3v) is 2.19. The molecule has 1 aromatic heterocycles. The van der Waals surface area contributed by atoms with Crippen molar-refractivity contribution in [3.63, 3.8) is 0 Å². The highest BCUT2D eigenvalue weighted by molar-refractivity contribution is 7.79. The van der Waals surface area contributed by atoms with Gasteiger partial charge in [0.25, 0.3) is 0 Å². The zero-order valence-corrected chi connectivity index (χ0v) is 10.1. The number of hydrogen-bond donors (Lipinski definition) is 2. The first-order valence-corrected chi connectivity index (χ1v) is 6.31. The first-order chi connectivity index (χ1) is 8.33. The van der Waals surface area contributed by atoms with E-state index in [1.165, 1.54) is 0 Å². The number of fused-ring (bicyclic) bond motifs is 1. The van der Waals surface area contributed by atoms with Gasteiger partial charge in [-0.05, 0) is 24.6 Å². The zero-order valence-electron chi connectivity index (χ0n) is 9.31. The van der Waals surface area contributed by atoms with Gasteiger partial charge in [0, 0.05) is 22.0 Å². The lowest BCUT2D eigenvalue weighted by molar-refractivity contribution is 0.199. The lowest BCUT2D eigenvalue weighted by atomic mass is 10.1. The van der Waals surface area contributed by atoms with Crippen LogP contribution < -0.4 is 5.73 Å². The van der Waals surface area contributed by atoms with Gasteiger partial charge in [-0.25, -0.2) is 0 Å². The van der Waals surface area contributed by atoms with Gasteiger partial charge < -0.3 is 20.0 Å². The van der Waals surface area contributed by atoms with Gasteiger partial charge in [0.2, 0.25) is 0 Å². The third-order valence-electron chi connectivity index (χ3n) is 2.19. The predicted octanol–water partition coefficient (Wildman–Crippen LogP) is 0.0418. The second-order valence-corrected chi connectivity index (χ2v) is 4.28. The molecule has 0 aliphatic rings. The molecule has 0 saturated carbocycles. The largest absolute Gasteiger partial charge is 0.759 e. The van der Waals surface area contributed by atoms with Crippen molar-refractivity contribution >= 4 is 21.3 Å². The van der Waals surface area contributed by atoms with Gasteiger partial charge >= 0.3 is 0 Å². The molecular weight excluding hydrogens is 260 g/mol. The topological polar surface area (TPSA) is 131 Å². The summed E-state index contributed by atoms with van der Waals surface area (Å²) in [5.74, 6) is 0. The summed E-state index contributed by atoms with van der Waals surface area (Å²) in [6.45, 7) is 0.605. The molecule has 0 atom stereocenters. The van der Waals surface area contributed by atoms with Crippen LogP contribution >= 0.6 is 0 Å². The minimum atomic E-state index is -5.17. The number of para-hydroxylation sites is 1. The molecule has 0 unspecified atom stereocenters. The van der Waals surface area contributed by atoms with E-state index in [1.807, 2.05) is 24.3 Å². The quantitative estimate of drug-likeness (QED) is 0.450. The first kappa shape index (κ1) is 14.5. The van der Waals surface area contributed by atoms with Crippen LogP contribution in [0.1, 0.15) is 5.56 Å². The van der Waals surface area contributed by atoms with E-state index in [-0.39, 0.29) is 0 Å². The number of rotatable bonds is 2. The van der Waals surface area contributed by atoms with Gasteiger partial charge in [-0.2, -0.15) is 4.73 Å². The Kier molecular flexibility index (Phi) is 4.68. The number of benzene rings is 1. The Morgan fingerprint density at radius 3 is 2.39 bits per heavy atom. The summed E-state index contributed by atoms with van der Waals surface area (Å²) in [4.78, 5) is 0. The molecule has 2 rings (SSSR count). The van der Waals surface area contributed by atoms with Gasteiger partial charge in [0.05, 0.1) is 5.52 Å². The number of nitrogens with zero attached hydrogens (tertiary/aromatic N) is 1. The molecule has 0 saturated heterocycles. The Morgan fingerprint density at radius 2 is 1.83 bits per heavy atom. The molecule has 3 N–H and O–H groups in total. The molecule has 0 aliphatic carbocycles. The van der Waals surface area contributed by atoms with Crippen LogP contribution in [0.3, 0.4) is 0 Å². The van der Waals surface area contributed by atoms with Crippen molar-refractivity contribution in [1.82, 2.24) is 4.73 Å². The lowest BCUT2D eigenvalue weighted by Gasteiger charge is -2.06. The fraction of sp³-hybridized carbons (Fsp3) is 0.200. The van der Waals surface area contributed by atoms with E-state index in [0.29, 0.717) is 6.54 Å². The maximum Gasteiger partial charge on any atom is 0.0868 e. The van der Waals surface area contributed by atoms with Crippen molar-refractivity contribution in [3.05, 3.63) is 36.0 Å². The van der Waals surface area contributed by atoms with E-state index in [0.717, 1.165) is 27.6 Å². The fourth-order valence-electron chi connectivity index (χ4n) is 1.59. The molecule has 0 spiro atoms. The normalized spacial score (nSPS) is 11.1. The monoisotopic (exact) mass is 272 g/mol. The van der Waals surface area contributed by atoms with E-state index in [9.17, 15) is 5.21 Å². The summed E-state index contributed by atoms with van der Waals surface area (Å²) in [6.07, 6.45) is 2.52.